The Balaban J connectivity index is 2.27. The highest BCUT2D eigenvalue weighted by Crippen LogP contribution is 2.27. The first-order valence-corrected chi connectivity index (χ1v) is 6.40. The molecule has 96 valence electrons. The summed E-state index contributed by atoms with van der Waals surface area (Å²) in [4.78, 5) is 0. The maximum atomic E-state index is 9.28. The van der Waals surface area contributed by atoms with Crippen LogP contribution >= 0.6 is 0 Å². The lowest BCUT2D eigenvalue weighted by molar-refractivity contribution is 0.0941. The fourth-order valence-corrected chi connectivity index (χ4v) is 2.21. The van der Waals surface area contributed by atoms with Crippen LogP contribution in [0.15, 0.2) is 0 Å². The Morgan fingerprint density at radius 2 is 2.06 bits per heavy atom. The number of aryl methyl sites for hydroxylation is 1. The zero-order chi connectivity index (χ0) is 13.1. The van der Waals surface area contributed by atoms with Crippen LogP contribution in [0.1, 0.15) is 43.5 Å². The first kappa shape index (κ1) is 12.8. The van der Waals surface area contributed by atoms with Crippen molar-refractivity contribution in [3.63, 3.8) is 0 Å². The Morgan fingerprint density at radius 3 is 2.56 bits per heavy atom. The molecule has 5 nitrogen and oxygen atoms in total. The van der Waals surface area contributed by atoms with Gasteiger partial charge in [-0.3, -0.25) is 0 Å². The average molecular weight is 246 g/mol. The summed E-state index contributed by atoms with van der Waals surface area (Å²) in [5.41, 5.74) is 8.08. The van der Waals surface area contributed by atoms with E-state index in [4.69, 9.17) is 10.5 Å². The molecule has 18 heavy (non-hydrogen) atoms. The van der Waals surface area contributed by atoms with Gasteiger partial charge in [0.2, 0.25) is 0 Å². The molecule has 0 radical (unpaired) electrons. The van der Waals surface area contributed by atoms with Gasteiger partial charge in [-0.2, -0.15) is 10.4 Å². The van der Waals surface area contributed by atoms with Crippen molar-refractivity contribution >= 4 is 0 Å². The normalized spacial score (nSPS) is 22.1. The fraction of sp³-hybridized carbons (Fsp3) is 0.615. The highest BCUT2D eigenvalue weighted by atomic mass is 16.5. The van der Waals surface area contributed by atoms with Gasteiger partial charge in [0.05, 0.1) is 5.69 Å². The second-order valence-electron chi connectivity index (χ2n) is 4.60. The van der Waals surface area contributed by atoms with Gasteiger partial charge in [-0.1, -0.05) is 13.8 Å². The minimum atomic E-state index is 0.0820. The van der Waals surface area contributed by atoms with Gasteiger partial charge in [-0.15, -0.1) is 5.10 Å². The SMILES string of the molecule is CCc1nnc(OC2CC(N)C2)c(C#N)c1CC. The summed E-state index contributed by atoms with van der Waals surface area (Å²) in [6.45, 7) is 4.02. The zero-order valence-electron chi connectivity index (χ0n) is 10.8. The fourth-order valence-electron chi connectivity index (χ4n) is 2.21. The van der Waals surface area contributed by atoms with E-state index in [1.165, 1.54) is 0 Å². The lowest BCUT2D eigenvalue weighted by Crippen LogP contribution is -2.43. The van der Waals surface area contributed by atoms with E-state index in [1.807, 2.05) is 13.8 Å². The molecule has 0 bridgehead atoms. The molecule has 0 atom stereocenters. The van der Waals surface area contributed by atoms with Crippen molar-refractivity contribution in [2.45, 2.75) is 51.7 Å². The molecule has 5 heteroatoms. The minimum Gasteiger partial charge on any atom is -0.472 e. The third kappa shape index (κ3) is 2.29. The van der Waals surface area contributed by atoms with Gasteiger partial charge in [0, 0.05) is 6.04 Å². The summed E-state index contributed by atoms with van der Waals surface area (Å²) < 4.78 is 5.71. The van der Waals surface area contributed by atoms with E-state index >= 15 is 0 Å². The summed E-state index contributed by atoms with van der Waals surface area (Å²) in [5.74, 6) is 0.364. The van der Waals surface area contributed by atoms with Crippen LogP contribution in [0, 0.1) is 11.3 Å². The van der Waals surface area contributed by atoms with Crippen LogP contribution in [-0.4, -0.2) is 22.3 Å². The van der Waals surface area contributed by atoms with Crippen LogP contribution in [0.25, 0.3) is 0 Å². The summed E-state index contributed by atoms with van der Waals surface area (Å²) in [7, 11) is 0. The summed E-state index contributed by atoms with van der Waals surface area (Å²) >= 11 is 0. The van der Waals surface area contributed by atoms with Crippen LogP contribution in [0.5, 0.6) is 5.88 Å². The molecule has 1 aromatic heterocycles. The predicted molar refractivity (Wildman–Crippen MR) is 67.1 cm³/mol. The first-order chi connectivity index (χ1) is 8.69. The van der Waals surface area contributed by atoms with E-state index in [2.05, 4.69) is 16.3 Å². The van der Waals surface area contributed by atoms with Gasteiger partial charge < -0.3 is 10.5 Å². The van der Waals surface area contributed by atoms with Gasteiger partial charge in [-0.25, -0.2) is 0 Å². The van der Waals surface area contributed by atoms with Crippen molar-refractivity contribution in [3.8, 4) is 11.9 Å². The van der Waals surface area contributed by atoms with E-state index in [0.717, 1.165) is 36.9 Å². The molecule has 0 spiro atoms. The lowest BCUT2D eigenvalue weighted by Gasteiger charge is -2.32. The molecule has 1 heterocycles. The standard InChI is InChI=1S/C13H18N4O/c1-3-10-11(7-14)13(17-16-12(10)4-2)18-9-5-8(15)6-9/h8-9H,3-6,15H2,1-2H3. The van der Waals surface area contributed by atoms with Gasteiger partial charge >= 0.3 is 0 Å². The Morgan fingerprint density at radius 1 is 1.33 bits per heavy atom. The molecule has 2 rings (SSSR count). The highest BCUT2D eigenvalue weighted by molar-refractivity contribution is 5.46. The Labute approximate surface area is 107 Å². The van der Waals surface area contributed by atoms with E-state index < -0.39 is 0 Å². The monoisotopic (exact) mass is 246 g/mol. The molecule has 0 amide bonds. The molecular weight excluding hydrogens is 228 g/mol. The van der Waals surface area contributed by atoms with E-state index in [9.17, 15) is 5.26 Å². The van der Waals surface area contributed by atoms with E-state index in [1.54, 1.807) is 0 Å². The smallest absolute Gasteiger partial charge is 0.252 e. The molecule has 2 N–H and O–H groups in total. The minimum absolute atomic E-state index is 0.0820. The Hall–Kier alpha value is -1.67. The molecule has 0 saturated heterocycles. The van der Waals surface area contributed by atoms with Crippen LogP contribution in [0.3, 0.4) is 0 Å². The number of aromatic nitrogens is 2. The van der Waals surface area contributed by atoms with Gasteiger partial charge in [0.15, 0.2) is 0 Å². The number of ether oxygens (including phenoxy) is 1. The second kappa shape index (κ2) is 5.32. The maximum Gasteiger partial charge on any atom is 0.252 e. The van der Waals surface area contributed by atoms with Crippen molar-refractivity contribution in [1.29, 1.82) is 5.26 Å². The maximum absolute atomic E-state index is 9.28. The Bertz CT molecular complexity index is 475. The van der Waals surface area contributed by atoms with Gasteiger partial charge in [0.25, 0.3) is 5.88 Å². The van der Waals surface area contributed by atoms with Crippen molar-refractivity contribution < 1.29 is 4.74 Å². The van der Waals surface area contributed by atoms with Gasteiger partial charge in [-0.05, 0) is 31.2 Å². The van der Waals surface area contributed by atoms with Crippen LogP contribution < -0.4 is 10.5 Å². The lowest BCUT2D eigenvalue weighted by atomic mass is 9.90. The largest absolute Gasteiger partial charge is 0.472 e. The molecule has 0 aliphatic heterocycles. The first-order valence-electron chi connectivity index (χ1n) is 6.40. The zero-order valence-corrected chi connectivity index (χ0v) is 10.8. The van der Waals surface area contributed by atoms with E-state index in [0.29, 0.717) is 11.4 Å². The molecule has 1 fully saturated rings. The molecule has 1 aliphatic carbocycles. The Kier molecular flexibility index (Phi) is 3.78. The molecule has 1 aliphatic rings. The molecule has 1 aromatic rings. The summed E-state index contributed by atoms with van der Waals surface area (Å²) in [6, 6.07) is 2.41. The molecular formula is C13H18N4O. The van der Waals surface area contributed by atoms with E-state index in [-0.39, 0.29) is 12.1 Å². The van der Waals surface area contributed by atoms with Crippen LogP contribution in [0.4, 0.5) is 0 Å². The highest BCUT2D eigenvalue weighted by Gasteiger charge is 2.29. The number of hydrogen-bond donors (Lipinski definition) is 1. The molecule has 0 unspecified atom stereocenters. The van der Waals surface area contributed by atoms with Crippen molar-refractivity contribution in [2.75, 3.05) is 0 Å². The van der Waals surface area contributed by atoms with Crippen molar-refractivity contribution in [2.24, 2.45) is 5.73 Å². The summed E-state index contributed by atoms with van der Waals surface area (Å²) in [5, 5.41) is 17.5. The second-order valence-corrected chi connectivity index (χ2v) is 4.60. The molecule has 1 saturated carbocycles. The number of hydrogen-bond acceptors (Lipinski definition) is 5. The van der Waals surface area contributed by atoms with Crippen LogP contribution in [-0.2, 0) is 12.8 Å². The number of rotatable bonds is 4. The van der Waals surface area contributed by atoms with Gasteiger partial charge in [0.1, 0.15) is 17.7 Å². The third-order valence-electron chi connectivity index (χ3n) is 3.34. The van der Waals surface area contributed by atoms with Crippen molar-refractivity contribution in [3.05, 3.63) is 16.8 Å². The quantitative estimate of drug-likeness (QED) is 0.866. The number of nitrogens with zero attached hydrogens (tertiary/aromatic N) is 3. The van der Waals surface area contributed by atoms with Crippen LogP contribution in [0.2, 0.25) is 0 Å². The molecule has 0 aromatic carbocycles. The summed E-state index contributed by atoms with van der Waals surface area (Å²) in [6.07, 6.45) is 3.27. The number of nitrogens with two attached hydrogens (primary N) is 1. The third-order valence-corrected chi connectivity index (χ3v) is 3.34. The predicted octanol–water partition coefficient (Wildman–Crippen LogP) is 1.34. The average Bonchev–Trinajstić information content (AvgIpc) is 2.35. The van der Waals surface area contributed by atoms with Crippen molar-refractivity contribution in [1.82, 2.24) is 10.2 Å². The topological polar surface area (TPSA) is 84.8 Å². The number of nitriles is 1.